The number of nitrogens with one attached hydrogen (secondary N) is 2. The highest BCUT2D eigenvalue weighted by Crippen LogP contribution is 2.40. The Balaban J connectivity index is 1.56. The molecule has 0 radical (unpaired) electrons. The molecule has 1 aliphatic rings. The molecule has 9 nitrogen and oxygen atoms in total. The van der Waals surface area contributed by atoms with Crippen LogP contribution in [0.25, 0.3) is 0 Å². The molecule has 198 valence electrons. The maximum atomic E-state index is 11.8. The summed E-state index contributed by atoms with van der Waals surface area (Å²) < 4.78 is 22.5. The van der Waals surface area contributed by atoms with Crippen molar-refractivity contribution in [2.24, 2.45) is 5.10 Å². The normalized spacial score (nSPS) is 17.1. The lowest BCUT2D eigenvalue weighted by Crippen LogP contribution is -2.38. The highest BCUT2D eigenvalue weighted by Gasteiger charge is 2.37. The van der Waals surface area contributed by atoms with E-state index in [1.165, 1.54) is 0 Å². The Kier molecular flexibility index (Phi) is 8.75. The molecule has 0 spiro atoms. The molecule has 2 aromatic carbocycles. The molecule has 0 unspecified atom stereocenters. The summed E-state index contributed by atoms with van der Waals surface area (Å²) in [5.41, 5.74) is 5.38. The quantitative estimate of drug-likeness (QED) is 0.227. The molecule has 0 amide bonds. The summed E-state index contributed by atoms with van der Waals surface area (Å²) in [5, 5.41) is 8.10. The molecule has 0 saturated carbocycles. The number of hydrogen-bond donors (Lipinski definition) is 2. The van der Waals surface area contributed by atoms with Crippen molar-refractivity contribution in [2.45, 2.75) is 32.8 Å². The third-order valence-electron chi connectivity index (χ3n) is 5.75. The Morgan fingerprint density at radius 3 is 2.61 bits per heavy atom. The Morgan fingerprint density at radius 1 is 1.11 bits per heavy atom. The van der Waals surface area contributed by atoms with E-state index in [1.54, 1.807) is 37.5 Å². The van der Waals surface area contributed by atoms with Crippen molar-refractivity contribution in [3.8, 4) is 17.2 Å². The Morgan fingerprint density at radius 2 is 1.89 bits per heavy atom. The van der Waals surface area contributed by atoms with Gasteiger partial charge in [-0.15, -0.1) is 0 Å². The third kappa shape index (κ3) is 6.77. The SMILES string of the molecule is CCOC(=O)COc1ccc2c(c1)/C(=N\NC(=S)Nc1ccc(OCC)cc1)C[C@@](C)(c1cccnc1)O2. The zero-order valence-electron chi connectivity index (χ0n) is 21.5. The minimum atomic E-state index is -0.709. The number of rotatable bonds is 9. The Labute approximate surface area is 227 Å². The van der Waals surface area contributed by atoms with Crippen molar-refractivity contribution in [2.75, 3.05) is 25.1 Å². The molecule has 0 fully saturated rings. The summed E-state index contributed by atoms with van der Waals surface area (Å²) in [4.78, 5) is 16.0. The zero-order valence-corrected chi connectivity index (χ0v) is 22.3. The molecule has 0 aliphatic carbocycles. The van der Waals surface area contributed by atoms with Crippen molar-refractivity contribution >= 4 is 34.7 Å². The maximum absolute atomic E-state index is 11.8. The van der Waals surface area contributed by atoms with E-state index in [1.807, 2.05) is 50.2 Å². The van der Waals surface area contributed by atoms with Gasteiger partial charge in [0, 0.05) is 35.6 Å². The zero-order chi connectivity index (χ0) is 27.0. The van der Waals surface area contributed by atoms with Crippen LogP contribution in [0, 0.1) is 0 Å². The molecule has 0 saturated heterocycles. The van der Waals surface area contributed by atoms with Crippen LogP contribution in [-0.2, 0) is 15.1 Å². The lowest BCUT2D eigenvalue weighted by Gasteiger charge is -2.36. The Bertz CT molecular complexity index is 1300. The number of thiocarbonyl (C=S) groups is 1. The van der Waals surface area contributed by atoms with Crippen molar-refractivity contribution < 1.29 is 23.7 Å². The van der Waals surface area contributed by atoms with E-state index in [-0.39, 0.29) is 6.61 Å². The topological polar surface area (TPSA) is 103 Å². The number of aromatic nitrogens is 1. The summed E-state index contributed by atoms with van der Waals surface area (Å²) in [6.45, 7) is 6.38. The van der Waals surface area contributed by atoms with Crippen molar-refractivity contribution in [1.82, 2.24) is 10.4 Å². The number of esters is 1. The van der Waals surface area contributed by atoms with Gasteiger partial charge in [-0.1, -0.05) is 6.07 Å². The van der Waals surface area contributed by atoms with Crippen LogP contribution in [0.1, 0.15) is 38.3 Å². The fraction of sp³-hybridized carbons (Fsp3) is 0.286. The number of ether oxygens (including phenoxy) is 4. The largest absolute Gasteiger partial charge is 0.494 e. The van der Waals surface area contributed by atoms with Gasteiger partial charge in [-0.25, -0.2) is 4.79 Å². The van der Waals surface area contributed by atoms with E-state index in [0.717, 1.165) is 22.6 Å². The van der Waals surface area contributed by atoms with Crippen LogP contribution in [0.5, 0.6) is 17.2 Å². The molecular formula is C28H30N4O5S. The molecule has 38 heavy (non-hydrogen) atoms. The fourth-order valence-corrected chi connectivity index (χ4v) is 4.13. The summed E-state index contributed by atoms with van der Waals surface area (Å²) in [6.07, 6.45) is 3.94. The number of nitrogens with zero attached hydrogens (tertiary/aromatic N) is 2. The van der Waals surface area contributed by atoms with Gasteiger partial charge in [-0.3, -0.25) is 10.4 Å². The second-order valence-electron chi connectivity index (χ2n) is 8.58. The fourth-order valence-electron chi connectivity index (χ4n) is 3.97. The van der Waals surface area contributed by atoms with E-state index < -0.39 is 11.6 Å². The number of anilines is 1. The van der Waals surface area contributed by atoms with Crippen LogP contribution < -0.4 is 25.0 Å². The van der Waals surface area contributed by atoms with Crippen LogP contribution in [0.2, 0.25) is 0 Å². The first kappa shape index (κ1) is 26.9. The lowest BCUT2D eigenvalue weighted by atomic mass is 9.86. The summed E-state index contributed by atoms with van der Waals surface area (Å²) >= 11 is 5.48. The van der Waals surface area contributed by atoms with Crippen molar-refractivity contribution in [3.05, 3.63) is 78.1 Å². The Hall–Kier alpha value is -4.18. The lowest BCUT2D eigenvalue weighted by molar-refractivity contribution is -0.145. The maximum Gasteiger partial charge on any atom is 0.344 e. The number of pyridine rings is 1. The molecular weight excluding hydrogens is 504 g/mol. The number of hydrazone groups is 1. The molecule has 4 rings (SSSR count). The van der Waals surface area contributed by atoms with Gasteiger partial charge in [0.2, 0.25) is 0 Å². The van der Waals surface area contributed by atoms with E-state index in [9.17, 15) is 4.79 Å². The van der Waals surface area contributed by atoms with Crippen LogP contribution in [-0.4, -0.2) is 41.6 Å². The van der Waals surface area contributed by atoms with Gasteiger partial charge in [0.15, 0.2) is 11.7 Å². The van der Waals surface area contributed by atoms with Gasteiger partial charge < -0.3 is 24.3 Å². The number of carbonyl (C=O) groups is 1. The number of fused-ring (bicyclic) bond motifs is 1. The first-order valence-electron chi connectivity index (χ1n) is 12.3. The predicted molar refractivity (Wildman–Crippen MR) is 149 cm³/mol. The molecule has 2 heterocycles. The van der Waals surface area contributed by atoms with E-state index in [4.69, 9.17) is 31.2 Å². The van der Waals surface area contributed by atoms with Gasteiger partial charge in [0.1, 0.15) is 22.8 Å². The van der Waals surface area contributed by atoms with Crippen LogP contribution in [0.15, 0.2) is 72.1 Å². The van der Waals surface area contributed by atoms with Gasteiger partial charge in [-0.05, 0) is 81.5 Å². The molecule has 1 atom stereocenters. The molecule has 1 aromatic heterocycles. The minimum absolute atomic E-state index is 0.193. The highest BCUT2D eigenvalue weighted by atomic mass is 32.1. The summed E-state index contributed by atoms with van der Waals surface area (Å²) in [7, 11) is 0. The van der Waals surface area contributed by atoms with Crippen molar-refractivity contribution in [3.63, 3.8) is 0 Å². The van der Waals surface area contributed by atoms with Crippen molar-refractivity contribution in [1.29, 1.82) is 0 Å². The van der Waals surface area contributed by atoms with Crippen LogP contribution >= 0.6 is 12.2 Å². The van der Waals surface area contributed by atoms with E-state index in [0.29, 0.717) is 42.0 Å². The van der Waals surface area contributed by atoms with Gasteiger partial charge in [-0.2, -0.15) is 5.10 Å². The monoisotopic (exact) mass is 534 g/mol. The first-order chi connectivity index (χ1) is 18.4. The van der Waals surface area contributed by atoms with Gasteiger partial charge >= 0.3 is 5.97 Å². The second kappa shape index (κ2) is 12.4. The molecule has 0 bridgehead atoms. The summed E-state index contributed by atoms with van der Waals surface area (Å²) in [6, 6.07) is 16.7. The number of carbonyl (C=O) groups excluding carboxylic acids is 1. The van der Waals surface area contributed by atoms with E-state index in [2.05, 4.69) is 20.8 Å². The number of hydrogen-bond acceptors (Lipinski definition) is 8. The first-order valence-corrected chi connectivity index (χ1v) is 12.7. The average molecular weight is 535 g/mol. The van der Waals surface area contributed by atoms with Gasteiger partial charge in [0.25, 0.3) is 0 Å². The predicted octanol–water partition coefficient (Wildman–Crippen LogP) is 4.81. The summed E-state index contributed by atoms with van der Waals surface area (Å²) in [5.74, 6) is 1.46. The van der Waals surface area contributed by atoms with Crippen LogP contribution in [0.4, 0.5) is 5.69 Å². The third-order valence-corrected chi connectivity index (χ3v) is 5.95. The van der Waals surface area contributed by atoms with Gasteiger partial charge in [0.05, 0.1) is 18.9 Å². The number of benzene rings is 2. The molecule has 3 aromatic rings. The molecule has 1 aliphatic heterocycles. The second-order valence-corrected chi connectivity index (χ2v) is 8.99. The van der Waals surface area contributed by atoms with Crippen LogP contribution in [0.3, 0.4) is 0 Å². The molecule has 10 heteroatoms. The highest BCUT2D eigenvalue weighted by molar-refractivity contribution is 7.80. The van der Waals surface area contributed by atoms with E-state index >= 15 is 0 Å². The standard InChI is InChI=1S/C28H30N4O5S/c1-4-34-21-10-8-20(9-11-21)30-27(38)32-31-24-16-28(3,19-7-6-14-29-17-19)37-25-13-12-22(15-23(24)25)36-18-26(33)35-5-2/h6-15,17H,4-5,16,18H2,1-3H3,(H2,30,32,38)/b31-24-/t28-/m0/s1. The smallest absolute Gasteiger partial charge is 0.344 e. The average Bonchev–Trinajstić information content (AvgIpc) is 2.92. The minimum Gasteiger partial charge on any atom is -0.494 e. The molecule has 2 N–H and O–H groups in total.